The van der Waals surface area contributed by atoms with Gasteiger partial charge in [0.15, 0.2) is 0 Å². The van der Waals surface area contributed by atoms with Gasteiger partial charge in [-0.2, -0.15) is 0 Å². The van der Waals surface area contributed by atoms with Crippen molar-refractivity contribution >= 4 is 5.91 Å². The zero-order valence-electron chi connectivity index (χ0n) is 8.96. The van der Waals surface area contributed by atoms with Gasteiger partial charge in [-0.05, 0) is 31.9 Å². The fraction of sp³-hybridized carbons (Fsp3) is 0.364. The Morgan fingerprint density at radius 2 is 1.64 bits per heavy atom. The summed E-state index contributed by atoms with van der Waals surface area (Å²) in [6.07, 6.45) is 0. The maximum atomic E-state index is 11.6. The summed E-state index contributed by atoms with van der Waals surface area (Å²) in [6.45, 7) is 5.73. The topological polar surface area (TPSA) is 40.5 Å². The molecule has 76 valence electrons. The standard InChI is InChI=1S/C11H15NO2/c1-7-5-8(2)10(9(3)6-7)11(13)12(4)14/h5-6,14H,1-4H3. The van der Waals surface area contributed by atoms with E-state index in [4.69, 9.17) is 5.21 Å². The minimum absolute atomic E-state index is 0.361. The predicted octanol–water partition coefficient (Wildman–Crippen LogP) is 2.07. The summed E-state index contributed by atoms with van der Waals surface area (Å²) in [4.78, 5) is 11.6. The average Bonchev–Trinajstić information content (AvgIpc) is 2.01. The van der Waals surface area contributed by atoms with Gasteiger partial charge >= 0.3 is 0 Å². The van der Waals surface area contributed by atoms with Crippen LogP contribution in [0.3, 0.4) is 0 Å². The predicted molar refractivity (Wildman–Crippen MR) is 54.5 cm³/mol. The van der Waals surface area contributed by atoms with Gasteiger partial charge in [-0.15, -0.1) is 0 Å². The van der Waals surface area contributed by atoms with E-state index in [2.05, 4.69) is 0 Å². The van der Waals surface area contributed by atoms with Gasteiger partial charge in [0.2, 0.25) is 0 Å². The molecule has 0 aliphatic heterocycles. The molecule has 0 saturated heterocycles. The Morgan fingerprint density at radius 3 is 2.00 bits per heavy atom. The molecule has 0 aromatic heterocycles. The summed E-state index contributed by atoms with van der Waals surface area (Å²) >= 11 is 0. The molecule has 1 amide bonds. The Kier molecular flexibility index (Phi) is 2.91. The summed E-state index contributed by atoms with van der Waals surface area (Å²) in [5, 5.41) is 9.69. The molecule has 0 heterocycles. The zero-order valence-corrected chi connectivity index (χ0v) is 8.96. The quantitative estimate of drug-likeness (QED) is 0.548. The van der Waals surface area contributed by atoms with E-state index in [1.54, 1.807) is 0 Å². The SMILES string of the molecule is Cc1cc(C)c(C(=O)N(C)O)c(C)c1. The van der Waals surface area contributed by atoms with Crippen LogP contribution < -0.4 is 0 Å². The first-order valence-electron chi connectivity index (χ1n) is 4.48. The Morgan fingerprint density at radius 1 is 1.21 bits per heavy atom. The summed E-state index contributed by atoms with van der Waals surface area (Å²) in [5.41, 5.74) is 3.50. The summed E-state index contributed by atoms with van der Waals surface area (Å²) < 4.78 is 0. The normalized spacial score (nSPS) is 10.1. The van der Waals surface area contributed by atoms with Gasteiger partial charge in [-0.25, -0.2) is 5.06 Å². The minimum Gasteiger partial charge on any atom is -0.286 e. The van der Waals surface area contributed by atoms with Crippen LogP contribution in [0.4, 0.5) is 0 Å². The fourth-order valence-corrected chi connectivity index (χ4v) is 1.68. The van der Waals surface area contributed by atoms with Gasteiger partial charge < -0.3 is 0 Å². The van der Waals surface area contributed by atoms with Gasteiger partial charge in [0.1, 0.15) is 0 Å². The van der Waals surface area contributed by atoms with Crippen molar-refractivity contribution in [2.75, 3.05) is 7.05 Å². The summed E-state index contributed by atoms with van der Waals surface area (Å²) in [6, 6.07) is 3.87. The van der Waals surface area contributed by atoms with Crippen LogP contribution >= 0.6 is 0 Å². The second kappa shape index (κ2) is 3.80. The zero-order chi connectivity index (χ0) is 10.9. The van der Waals surface area contributed by atoms with Crippen molar-refractivity contribution < 1.29 is 10.0 Å². The molecule has 1 rings (SSSR count). The molecule has 0 saturated carbocycles. The largest absolute Gasteiger partial charge is 0.286 e. The Hall–Kier alpha value is -1.35. The van der Waals surface area contributed by atoms with Crippen molar-refractivity contribution in [3.63, 3.8) is 0 Å². The molecule has 14 heavy (non-hydrogen) atoms. The molecule has 3 heteroatoms. The van der Waals surface area contributed by atoms with E-state index in [1.165, 1.54) is 7.05 Å². The maximum Gasteiger partial charge on any atom is 0.277 e. The van der Waals surface area contributed by atoms with Crippen LogP contribution in [-0.4, -0.2) is 23.2 Å². The Bertz CT molecular complexity index is 347. The first-order chi connectivity index (χ1) is 6.43. The lowest BCUT2D eigenvalue weighted by atomic mass is 9.99. The van der Waals surface area contributed by atoms with Crippen LogP contribution in [-0.2, 0) is 0 Å². The van der Waals surface area contributed by atoms with Crippen molar-refractivity contribution in [2.45, 2.75) is 20.8 Å². The molecule has 0 spiro atoms. The smallest absolute Gasteiger partial charge is 0.277 e. The third-order valence-corrected chi connectivity index (χ3v) is 2.18. The number of aryl methyl sites for hydroxylation is 3. The molecule has 1 N–H and O–H groups in total. The number of carbonyl (C=O) groups excluding carboxylic acids is 1. The number of rotatable bonds is 1. The number of amides is 1. The Balaban J connectivity index is 3.28. The lowest BCUT2D eigenvalue weighted by Crippen LogP contribution is -2.24. The third-order valence-electron chi connectivity index (χ3n) is 2.18. The monoisotopic (exact) mass is 193 g/mol. The molecule has 0 aliphatic rings. The molecule has 1 aromatic carbocycles. The number of nitrogens with zero attached hydrogens (tertiary/aromatic N) is 1. The summed E-state index contributed by atoms with van der Waals surface area (Å²) in [5.74, 6) is -0.361. The number of benzene rings is 1. The van der Waals surface area contributed by atoms with E-state index in [0.717, 1.165) is 16.7 Å². The number of carbonyl (C=O) groups is 1. The molecule has 1 aromatic rings. The highest BCUT2D eigenvalue weighted by Crippen LogP contribution is 2.17. The van der Waals surface area contributed by atoms with E-state index in [9.17, 15) is 4.79 Å². The molecule has 0 unspecified atom stereocenters. The van der Waals surface area contributed by atoms with Crippen molar-refractivity contribution in [2.24, 2.45) is 0 Å². The van der Waals surface area contributed by atoms with Crippen molar-refractivity contribution in [3.05, 3.63) is 34.4 Å². The van der Waals surface area contributed by atoms with Crippen molar-refractivity contribution in [1.82, 2.24) is 5.06 Å². The van der Waals surface area contributed by atoms with Crippen molar-refractivity contribution in [3.8, 4) is 0 Å². The highest BCUT2D eigenvalue weighted by Gasteiger charge is 2.15. The third kappa shape index (κ3) is 1.93. The first-order valence-corrected chi connectivity index (χ1v) is 4.48. The molecule has 0 bridgehead atoms. The number of hydrogen-bond acceptors (Lipinski definition) is 2. The summed E-state index contributed by atoms with van der Waals surface area (Å²) in [7, 11) is 1.33. The van der Waals surface area contributed by atoms with Crippen LogP contribution in [0.25, 0.3) is 0 Å². The Labute approximate surface area is 83.9 Å². The van der Waals surface area contributed by atoms with Crippen LogP contribution in [0.1, 0.15) is 27.0 Å². The highest BCUT2D eigenvalue weighted by molar-refractivity contribution is 5.96. The molecule has 0 fully saturated rings. The first kappa shape index (κ1) is 10.7. The van der Waals surface area contributed by atoms with Gasteiger partial charge in [-0.3, -0.25) is 10.0 Å². The molecular formula is C11H15NO2. The van der Waals surface area contributed by atoms with Crippen LogP contribution in [0, 0.1) is 20.8 Å². The van der Waals surface area contributed by atoms with Crippen LogP contribution in [0.15, 0.2) is 12.1 Å². The van der Waals surface area contributed by atoms with E-state index in [-0.39, 0.29) is 5.91 Å². The molecular weight excluding hydrogens is 178 g/mol. The molecule has 0 atom stereocenters. The molecule has 0 aliphatic carbocycles. The van der Waals surface area contributed by atoms with E-state index in [0.29, 0.717) is 10.6 Å². The lowest BCUT2D eigenvalue weighted by Gasteiger charge is -2.13. The van der Waals surface area contributed by atoms with E-state index in [1.807, 2.05) is 32.9 Å². The van der Waals surface area contributed by atoms with Crippen molar-refractivity contribution in [1.29, 1.82) is 0 Å². The maximum absolute atomic E-state index is 11.6. The number of hydrogen-bond donors (Lipinski definition) is 1. The van der Waals surface area contributed by atoms with Crippen LogP contribution in [0.2, 0.25) is 0 Å². The van der Waals surface area contributed by atoms with E-state index >= 15 is 0 Å². The lowest BCUT2D eigenvalue weighted by molar-refractivity contribution is -0.0376. The van der Waals surface area contributed by atoms with Gasteiger partial charge in [0.25, 0.3) is 5.91 Å². The van der Waals surface area contributed by atoms with Crippen LogP contribution in [0.5, 0.6) is 0 Å². The van der Waals surface area contributed by atoms with Gasteiger partial charge in [0, 0.05) is 12.6 Å². The second-order valence-electron chi connectivity index (χ2n) is 3.60. The number of hydroxylamine groups is 2. The molecule has 0 radical (unpaired) electrons. The molecule has 3 nitrogen and oxygen atoms in total. The average molecular weight is 193 g/mol. The van der Waals surface area contributed by atoms with E-state index < -0.39 is 0 Å². The van der Waals surface area contributed by atoms with Gasteiger partial charge in [-0.1, -0.05) is 17.7 Å². The minimum atomic E-state index is -0.361. The highest BCUT2D eigenvalue weighted by atomic mass is 16.5. The van der Waals surface area contributed by atoms with Gasteiger partial charge in [0.05, 0.1) is 0 Å². The fourth-order valence-electron chi connectivity index (χ4n) is 1.68. The second-order valence-corrected chi connectivity index (χ2v) is 3.60.